The second kappa shape index (κ2) is 8.61. The molecule has 1 atom stereocenters. The number of nitrogens with one attached hydrogen (secondary N) is 1. The summed E-state index contributed by atoms with van der Waals surface area (Å²) in [7, 11) is 0. The molecule has 0 aliphatic rings. The lowest BCUT2D eigenvalue weighted by Gasteiger charge is -2.26. The van der Waals surface area contributed by atoms with Crippen LogP contribution in [-0.2, 0) is 6.54 Å². The minimum atomic E-state index is 0.200. The van der Waals surface area contributed by atoms with E-state index in [0.717, 1.165) is 28.2 Å². The summed E-state index contributed by atoms with van der Waals surface area (Å²) < 4.78 is 2.95. The van der Waals surface area contributed by atoms with E-state index in [4.69, 9.17) is 0 Å². The molecule has 2 aromatic heterocycles. The van der Waals surface area contributed by atoms with Gasteiger partial charge < -0.3 is 10.4 Å². The van der Waals surface area contributed by atoms with Gasteiger partial charge in [0.2, 0.25) is 0 Å². The van der Waals surface area contributed by atoms with E-state index in [-0.39, 0.29) is 11.8 Å². The predicted molar refractivity (Wildman–Crippen MR) is 117 cm³/mol. The summed E-state index contributed by atoms with van der Waals surface area (Å²) in [5.41, 5.74) is 3.34. The molecule has 0 radical (unpaired) electrons. The summed E-state index contributed by atoms with van der Waals surface area (Å²) in [5, 5.41) is 18.3. The topological polar surface area (TPSA) is 75.9 Å². The van der Waals surface area contributed by atoms with Gasteiger partial charge in [0.1, 0.15) is 18.4 Å². The van der Waals surface area contributed by atoms with Crippen molar-refractivity contribution in [3.63, 3.8) is 0 Å². The van der Waals surface area contributed by atoms with Gasteiger partial charge in [-0.05, 0) is 35.2 Å². The largest absolute Gasteiger partial charge is 0.508 e. The first-order valence-corrected chi connectivity index (χ1v) is 10.8. The first-order chi connectivity index (χ1) is 14.2. The number of hydrogen-bond acceptors (Lipinski definition) is 6. The Morgan fingerprint density at radius 2 is 1.90 bits per heavy atom. The number of phenols is 1. The van der Waals surface area contributed by atoms with Crippen LogP contribution in [0.3, 0.4) is 0 Å². The molecule has 0 aliphatic carbocycles. The highest BCUT2D eigenvalue weighted by Gasteiger charge is 2.23. The maximum atomic E-state index is 9.61. The molecule has 7 heteroatoms. The summed E-state index contributed by atoms with van der Waals surface area (Å²) in [6.07, 6.45) is 5.60. The molecule has 6 nitrogen and oxygen atoms in total. The van der Waals surface area contributed by atoms with E-state index >= 15 is 0 Å². The number of hydrogen-bond donors (Lipinski definition) is 2. The van der Waals surface area contributed by atoms with E-state index in [2.05, 4.69) is 58.5 Å². The zero-order valence-corrected chi connectivity index (χ0v) is 17.4. The fourth-order valence-corrected chi connectivity index (χ4v) is 4.63. The molecule has 0 aliphatic heterocycles. The van der Waals surface area contributed by atoms with E-state index in [1.54, 1.807) is 29.8 Å². The summed E-state index contributed by atoms with van der Waals surface area (Å²) in [4.78, 5) is 8.72. The Morgan fingerprint density at radius 3 is 2.59 bits per heavy atom. The van der Waals surface area contributed by atoms with Gasteiger partial charge in [0, 0.05) is 6.54 Å². The van der Waals surface area contributed by atoms with E-state index < -0.39 is 0 Å². The van der Waals surface area contributed by atoms with Gasteiger partial charge in [-0.25, -0.2) is 14.6 Å². The number of nitrogens with zero attached hydrogens (tertiary/aromatic N) is 4. The first kappa shape index (κ1) is 19.4. The van der Waals surface area contributed by atoms with Gasteiger partial charge in [-0.1, -0.05) is 62.3 Å². The Hall–Kier alpha value is -2.93. The molecule has 0 amide bonds. The highest BCUT2D eigenvalue weighted by atomic mass is 32.1. The number of phenolic OH excluding ortho intramolecular Hbond substituents is 1. The van der Waals surface area contributed by atoms with E-state index in [9.17, 15) is 5.11 Å². The number of aromatic hydroxyl groups is 1. The number of rotatable bonds is 8. The molecule has 150 valence electrons. The number of aromatic nitrogens is 4. The van der Waals surface area contributed by atoms with Crippen LogP contribution in [0.15, 0.2) is 55.1 Å². The molecule has 0 bridgehead atoms. The molecular weight excluding hydrogens is 382 g/mol. The SMILES string of the molecule is CCC(CC)C(c1ccc(CNc2nc3ccc(O)cc3s2)cc1)n1cncn1. The highest BCUT2D eigenvalue weighted by molar-refractivity contribution is 7.22. The van der Waals surface area contributed by atoms with Gasteiger partial charge in [0.15, 0.2) is 5.13 Å². The van der Waals surface area contributed by atoms with Crippen molar-refractivity contribution >= 4 is 26.7 Å². The Bertz CT molecular complexity index is 1050. The number of fused-ring (bicyclic) bond motifs is 1. The zero-order chi connectivity index (χ0) is 20.2. The summed E-state index contributed by atoms with van der Waals surface area (Å²) in [6.45, 7) is 5.16. The van der Waals surface area contributed by atoms with Crippen LogP contribution < -0.4 is 5.32 Å². The molecular formula is C22H25N5OS. The molecule has 29 heavy (non-hydrogen) atoms. The van der Waals surface area contributed by atoms with Crippen molar-refractivity contribution in [1.82, 2.24) is 19.7 Å². The molecule has 4 rings (SSSR count). The number of thiazole rings is 1. The number of anilines is 1. The predicted octanol–water partition coefficient (Wildman–Crippen LogP) is 5.23. The second-order valence-electron chi connectivity index (χ2n) is 7.16. The monoisotopic (exact) mass is 407 g/mol. The molecule has 2 heterocycles. The summed E-state index contributed by atoms with van der Waals surface area (Å²) >= 11 is 1.55. The minimum absolute atomic E-state index is 0.200. The Labute approximate surface area is 174 Å². The molecule has 2 N–H and O–H groups in total. The normalized spacial score (nSPS) is 12.5. The molecule has 2 aromatic carbocycles. The molecule has 0 saturated heterocycles. The third-order valence-electron chi connectivity index (χ3n) is 5.35. The molecule has 1 unspecified atom stereocenters. The van der Waals surface area contributed by atoms with Gasteiger partial charge in [-0.2, -0.15) is 5.10 Å². The van der Waals surface area contributed by atoms with Crippen molar-refractivity contribution in [1.29, 1.82) is 0 Å². The van der Waals surface area contributed by atoms with Crippen LogP contribution in [-0.4, -0.2) is 24.9 Å². The van der Waals surface area contributed by atoms with E-state index in [0.29, 0.717) is 12.5 Å². The van der Waals surface area contributed by atoms with Crippen molar-refractivity contribution in [3.8, 4) is 5.75 Å². The summed E-state index contributed by atoms with van der Waals surface area (Å²) in [6, 6.07) is 14.2. The molecule has 0 saturated carbocycles. The Balaban J connectivity index is 1.48. The summed E-state index contributed by atoms with van der Waals surface area (Å²) in [5.74, 6) is 0.780. The van der Waals surface area contributed by atoms with Crippen molar-refractivity contribution in [2.24, 2.45) is 5.92 Å². The van der Waals surface area contributed by atoms with Crippen molar-refractivity contribution in [2.75, 3.05) is 5.32 Å². The van der Waals surface area contributed by atoms with Gasteiger partial charge in [-0.15, -0.1) is 0 Å². The van der Waals surface area contributed by atoms with Gasteiger partial charge in [-0.3, -0.25) is 0 Å². The van der Waals surface area contributed by atoms with Crippen LogP contribution >= 0.6 is 11.3 Å². The van der Waals surface area contributed by atoms with Crippen LogP contribution in [0.1, 0.15) is 43.9 Å². The van der Waals surface area contributed by atoms with Gasteiger partial charge in [0.25, 0.3) is 0 Å². The van der Waals surface area contributed by atoms with Crippen LogP contribution in [0.25, 0.3) is 10.2 Å². The average molecular weight is 408 g/mol. The first-order valence-electron chi connectivity index (χ1n) is 9.94. The van der Waals surface area contributed by atoms with Gasteiger partial charge >= 0.3 is 0 Å². The third-order valence-corrected chi connectivity index (χ3v) is 6.33. The maximum Gasteiger partial charge on any atom is 0.184 e. The van der Waals surface area contributed by atoms with Crippen LogP contribution in [0, 0.1) is 5.92 Å². The Kier molecular flexibility index (Phi) is 5.76. The van der Waals surface area contributed by atoms with Crippen LogP contribution in [0.4, 0.5) is 5.13 Å². The van der Waals surface area contributed by atoms with Crippen molar-refractivity contribution < 1.29 is 5.11 Å². The highest BCUT2D eigenvalue weighted by Crippen LogP contribution is 2.31. The third kappa shape index (κ3) is 4.24. The van der Waals surface area contributed by atoms with Crippen molar-refractivity contribution in [3.05, 3.63) is 66.2 Å². The van der Waals surface area contributed by atoms with Crippen molar-refractivity contribution in [2.45, 2.75) is 39.3 Å². The quantitative estimate of drug-likeness (QED) is 0.418. The lowest BCUT2D eigenvalue weighted by Crippen LogP contribution is -2.20. The smallest absolute Gasteiger partial charge is 0.184 e. The lowest BCUT2D eigenvalue weighted by atomic mass is 9.88. The fraction of sp³-hybridized carbons (Fsp3) is 0.318. The lowest BCUT2D eigenvalue weighted by molar-refractivity contribution is 0.332. The average Bonchev–Trinajstić information content (AvgIpc) is 3.40. The van der Waals surface area contributed by atoms with E-state index in [1.165, 1.54) is 11.1 Å². The molecule has 0 spiro atoms. The zero-order valence-electron chi connectivity index (χ0n) is 16.6. The maximum absolute atomic E-state index is 9.61. The second-order valence-corrected chi connectivity index (χ2v) is 8.19. The Morgan fingerprint density at radius 1 is 1.10 bits per heavy atom. The van der Waals surface area contributed by atoms with Crippen LogP contribution in [0.5, 0.6) is 5.75 Å². The molecule has 0 fully saturated rings. The number of benzene rings is 2. The molecule has 4 aromatic rings. The van der Waals surface area contributed by atoms with Gasteiger partial charge in [0.05, 0.1) is 16.3 Å². The van der Waals surface area contributed by atoms with E-state index in [1.807, 2.05) is 17.1 Å². The fourth-order valence-electron chi connectivity index (χ4n) is 3.74. The standard InChI is InChI=1S/C22H25N5OS/c1-3-16(4-2)21(27-14-23-13-25-27)17-7-5-15(6-8-17)12-24-22-26-19-10-9-18(28)11-20(19)29-22/h5-11,13-14,16,21,28H,3-4,12H2,1-2H3,(H,24,26). The van der Waals surface area contributed by atoms with Crippen LogP contribution in [0.2, 0.25) is 0 Å². The minimum Gasteiger partial charge on any atom is -0.508 e.